The molecule has 0 saturated carbocycles. The predicted molar refractivity (Wildman–Crippen MR) is 35.6 cm³/mol. The van der Waals surface area contributed by atoms with E-state index < -0.39 is 30.7 Å². The Balaban J connectivity index is 3.16. The van der Waals surface area contributed by atoms with E-state index in [1.807, 2.05) is 0 Å². The van der Waals surface area contributed by atoms with Gasteiger partial charge in [0.25, 0.3) is 0 Å². The van der Waals surface area contributed by atoms with Crippen LogP contribution in [0.2, 0.25) is 0 Å². The molecule has 13 heavy (non-hydrogen) atoms. The summed E-state index contributed by atoms with van der Waals surface area (Å²) >= 11 is 0. The molecule has 2 N–H and O–H groups in total. The lowest BCUT2D eigenvalue weighted by atomic mass is 10.1. The van der Waals surface area contributed by atoms with Crippen LogP contribution in [0, 0.1) is 0 Å². The van der Waals surface area contributed by atoms with Crippen LogP contribution in [0.5, 0.6) is 0 Å². The lowest BCUT2D eigenvalue weighted by molar-refractivity contribution is -0.154. The maximum absolute atomic E-state index is 12.1. The van der Waals surface area contributed by atoms with E-state index in [1.54, 1.807) is 0 Å². The van der Waals surface area contributed by atoms with Crippen LogP contribution in [0.1, 0.15) is 16.9 Å². The topological polar surface area (TPSA) is 53.6 Å². The smallest absolute Gasteiger partial charge is 0.449 e. The Morgan fingerprint density at radius 3 is 2.23 bits per heavy atom. The fourth-order valence-electron chi connectivity index (χ4n) is 0.962. The van der Waals surface area contributed by atoms with Crippen LogP contribution in [0.25, 0.3) is 0 Å². The number of rotatable bonds is 2. The maximum atomic E-state index is 12.1. The van der Waals surface area contributed by atoms with Crippen LogP contribution in [0.3, 0.4) is 0 Å². The summed E-state index contributed by atoms with van der Waals surface area (Å²) in [5, 5.41) is 17.2. The van der Waals surface area contributed by atoms with Gasteiger partial charge in [-0.1, -0.05) is 0 Å². The second-order valence-corrected chi connectivity index (χ2v) is 2.38. The molecule has 0 aliphatic heterocycles. The quantitative estimate of drug-likeness (QED) is 0.749. The summed E-state index contributed by atoms with van der Waals surface area (Å²) in [6, 6.07) is 0. The first-order chi connectivity index (χ1) is 6.00. The Hall–Kier alpha value is -1.01. The highest BCUT2D eigenvalue weighted by molar-refractivity contribution is 5.28. The Kier molecular flexibility index (Phi) is 2.63. The molecule has 0 atom stereocenters. The maximum Gasteiger partial charge on any atom is 0.449 e. The number of halogens is 3. The van der Waals surface area contributed by atoms with Crippen LogP contribution in [-0.4, -0.2) is 10.2 Å². The zero-order chi connectivity index (χ0) is 10.1. The SMILES string of the molecule is OCc1coc(C(F)(F)F)c1CO. The van der Waals surface area contributed by atoms with Crippen molar-refractivity contribution >= 4 is 0 Å². The van der Waals surface area contributed by atoms with Gasteiger partial charge in [-0.05, 0) is 0 Å². The molecule has 1 heterocycles. The molecule has 0 unspecified atom stereocenters. The van der Waals surface area contributed by atoms with Gasteiger partial charge in [0.1, 0.15) is 0 Å². The van der Waals surface area contributed by atoms with Crippen LogP contribution >= 0.6 is 0 Å². The van der Waals surface area contributed by atoms with Crippen molar-refractivity contribution in [1.82, 2.24) is 0 Å². The molecule has 6 heteroatoms. The van der Waals surface area contributed by atoms with Crippen molar-refractivity contribution in [2.45, 2.75) is 19.4 Å². The highest BCUT2D eigenvalue weighted by Gasteiger charge is 2.38. The first kappa shape index (κ1) is 10.1. The molecule has 0 aromatic carbocycles. The third kappa shape index (κ3) is 1.84. The lowest BCUT2D eigenvalue weighted by Crippen LogP contribution is -2.07. The van der Waals surface area contributed by atoms with Gasteiger partial charge in [-0.3, -0.25) is 0 Å². The number of aliphatic hydroxyl groups is 2. The molecule has 74 valence electrons. The summed E-state index contributed by atoms with van der Waals surface area (Å²) in [5.74, 6) is -1.25. The molecule has 0 saturated heterocycles. The summed E-state index contributed by atoms with van der Waals surface area (Å²) < 4.78 is 40.5. The van der Waals surface area contributed by atoms with E-state index in [0.717, 1.165) is 6.26 Å². The molecule has 1 rings (SSSR count). The summed E-state index contributed by atoms with van der Waals surface area (Å²) in [4.78, 5) is 0. The number of furan rings is 1. The molecule has 0 fully saturated rings. The summed E-state index contributed by atoms with van der Waals surface area (Å²) in [6.07, 6.45) is -3.85. The van der Waals surface area contributed by atoms with Crippen molar-refractivity contribution in [3.05, 3.63) is 23.2 Å². The van der Waals surface area contributed by atoms with Gasteiger partial charge in [-0.25, -0.2) is 0 Å². The zero-order valence-electron chi connectivity index (χ0n) is 6.43. The highest BCUT2D eigenvalue weighted by Crippen LogP contribution is 2.34. The van der Waals surface area contributed by atoms with Gasteiger partial charge in [-0.15, -0.1) is 0 Å². The average Bonchev–Trinajstić information content (AvgIpc) is 2.45. The number of hydrogen-bond donors (Lipinski definition) is 2. The van der Waals surface area contributed by atoms with E-state index in [0.29, 0.717) is 0 Å². The summed E-state index contributed by atoms with van der Waals surface area (Å²) in [7, 11) is 0. The molecular weight excluding hydrogens is 189 g/mol. The van der Waals surface area contributed by atoms with Gasteiger partial charge < -0.3 is 14.6 Å². The minimum atomic E-state index is -4.63. The monoisotopic (exact) mass is 196 g/mol. The van der Waals surface area contributed by atoms with Gasteiger partial charge in [0, 0.05) is 11.1 Å². The van der Waals surface area contributed by atoms with E-state index in [2.05, 4.69) is 4.42 Å². The Bertz CT molecular complexity index is 290. The van der Waals surface area contributed by atoms with Crippen molar-refractivity contribution < 1.29 is 27.8 Å². The highest BCUT2D eigenvalue weighted by atomic mass is 19.4. The number of aliphatic hydroxyl groups excluding tert-OH is 2. The van der Waals surface area contributed by atoms with Gasteiger partial charge in [0.05, 0.1) is 19.5 Å². The van der Waals surface area contributed by atoms with E-state index in [9.17, 15) is 13.2 Å². The second kappa shape index (κ2) is 3.39. The van der Waals surface area contributed by atoms with E-state index >= 15 is 0 Å². The molecular formula is C7H7F3O3. The number of alkyl halides is 3. The van der Waals surface area contributed by atoms with Gasteiger partial charge in [0.2, 0.25) is 5.76 Å². The van der Waals surface area contributed by atoms with E-state index in [1.165, 1.54) is 0 Å². The molecule has 0 spiro atoms. The summed E-state index contributed by atoms with van der Waals surface area (Å²) in [6.45, 7) is -1.39. The van der Waals surface area contributed by atoms with Crippen LogP contribution in [-0.2, 0) is 19.4 Å². The molecule has 0 radical (unpaired) electrons. The second-order valence-electron chi connectivity index (χ2n) is 2.38. The van der Waals surface area contributed by atoms with E-state index in [-0.39, 0.29) is 5.56 Å². The molecule has 0 aliphatic carbocycles. The zero-order valence-corrected chi connectivity index (χ0v) is 6.43. The normalized spacial score (nSPS) is 12.1. The largest absolute Gasteiger partial charge is 0.459 e. The fourth-order valence-corrected chi connectivity index (χ4v) is 0.962. The first-order valence-corrected chi connectivity index (χ1v) is 3.39. The van der Waals surface area contributed by atoms with Crippen molar-refractivity contribution in [3.63, 3.8) is 0 Å². The van der Waals surface area contributed by atoms with Gasteiger partial charge >= 0.3 is 6.18 Å². The molecule has 0 bridgehead atoms. The van der Waals surface area contributed by atoms with Gasteiger partial charge in [0.15, 0.2) is 0 Å². The third-order valence-corrected chi connectivity index (χ3v) is 1.57. The van der Waals surface area contributed by atoms with Crippen molar-refractivity contribution in [2.24, 2.45) is 0 Å². The van der Waals surface area contributed by atoms with Crippen LogP contribution < -0.4 is 0 Å². The molecule has 0 amide bonds. The van der Waals surface area contributed by atoms with Crippen molar-refractivity contribution in [2.75, 3.05) is 0 Å². The third-order valence-electron chi connectivity index (χ3n) is 1.57. The first-order valence-electron chi connectivity index (χ1n) is 3.39. The van der Waals surface area contributed by atoms with Crippen LogP contribution in [0.4, 0.5) is 13.2 Å². The lowest BCUT2D eigenvalue weighted by Gasteiger charge is -2.04. The Morgan fingerprint density at radius 2 is 1.85 bits per heavy atom. The Labute approximate surface area is 71.4 Å². The predicted octanol–water partition coefficient (Wildman–Crippen LogP) is 1.28. The van der Waals surface area contributed by atoms with Crippen molar-refractivity contribution in [3.8, 4) is 0 Å². The standard InChI is InChI=1S/C7H7F3O3/c8-7(9,10)6-5(2-12)4(1-11)3-13-6/h3,11-12H,1-2H2. The average molecular weight is 196 g/mol. The molecule has 3 nitrogen and oxygen atoms in total. The fraction of sp³-hybridized carbons (Fsp3) is 0.429. The molecule has 1 aromatic rings. The Morgan fingerprint density at radius 1 is 1.23 bits per heavy atom. The van der Waals surface area contributed by atoms with Crippen LogP contribution in [0.15, 0.2) is 10.7 Å². The minimum Gasteiger partial charge on any atom is -0.459 e. The van der Waals surface area contributed by atoms with Crippen molar-refractivity contribution in [1.29, 1.82) is 0 Å². The minimum absolute atomic E-state index is 0.0465. The van der Waals surface area contributed by atoms with E-state index in [4.69, 9.17) is 10.2 Å². The number of hydrogen-bond acceptors (Lipinski definition) is 3. The molecule has 1 aromatic heterocycles. The summed E-state index contributed by atoms with van der Waals surface area (Å²) in [5.41, 5.74) is -0.454. The van der Waals surface area contributed by atoms with Gasteiger partial charge in [-0.2, -0.15) is 13.2 Å². The molecule has 0 aliphatic rings.